The van der Waals surface area contributed by atoms with E-state index in [0.29, 0.717) is 0 Å². The van der Waals surface area contributed by atoms with Crippen LogP contribution in [0.4, 0.5) is 0 Å². The van der Waals surface area contributed by atoms with Crippen molar-refractivity contribution in [1.82, 2.24) is 0 Å². The topological polar surface area (TPSA) is 80.3 Å². The summed E-state index contributed by atoms with van der Waals surface area (Å²) >= 11 is 0. The van der Waals surface area contributed by atoms with E-state index < -0.39 is 11.9 Å². The van der Waals surface area contributed by atoms with Gasteiger partial charge in [-0.2, -0.15) is 0 Å². The number of aliphatic carboxylic acids is 2. The van der Waals surface area contributed by atoms with Crippen LogP contribution in [0.1, 0.15) is 141 Å². The second kappa shape index (κ2) is 25.6. The molecule has 0 aromatic heterocycles. The van der Waals surface area contributed by atoms with Gasteiger partial charge in [0, 0.05) is 11.9 Å². The number of carboxylic acids is 2. The van der Waals surface area contributed by atoms with E-state index in [9.17, 15) is 19.8 Å². The van der Waals surface area contributed by atoms with Crippen LogP contribution in [0.15, 0.2) is 0 Å². The standard InChI is InChI=1S/C24H46O4.Zn/c25-23(26)21-19-17-15-13-11-9-7-5-3-1-2-4-6-8-10-12-14-16-18-20-22-24(27)28;/h1-22H2,(H,25,26)(H,27,28);/q;+2/p-2. The zero-order valence-electron chi connectivity index (χ0n) is 18.9. The molecule has 0 aromatic carbocycles. The third-order valence-corrected chi connectivity index (χ3v) is 5.51. The monoisotopic (exact) mass is 460 g/mol. The van der Waals surface area contributed by atoms with E-state index >= 15 is 0 Å². The molecule has 0 amide bonds. The molecule has 0 aliphatic rings. The molecule has 0 saturated carbocycles. The molecule has 0 bridgehead atoms. The molecule has 0 saturated heterocycles. The molecule has 0 aromatic rings. The predicted molar refractivity (Wildman–Crippen MR) is 112 cm³/mol. The Balaban J connectivity index is 0. The molecule has 0 aliphatic carbocycles. The van der Waals surface area contributed by atoms with Crippen LogP contribution >= 0.6 is 0 Å². The van der Waals surface area contributed by atoms with E-state index in [-0.39, 0.29) is 32.3 Å². The van der Waals surface area contributed by atoms with Gasteiger partial charge < -0.3 is 19.8 Å². The molecule has 0 spiro atoms. The van der Waals surface area contributed by atoms with Crippen LogP contribution in [-0.4, -0.2) is 11.9 Å². The molecule has 0 radical (unpaired) electrons. The van der Waals surface area contributed by atoms with Crippen LogP contribution in [0.3, 0.4) is 0 Å². The Morgan fingerprint density at radius 2 is 0.483 bits per heavy atom. The van der Waals surface area contributed by atoms with Gasteiger partial charge >= 0.3 is 19.5 Å². The van der Waals surface area contributed by atoms with Crippen LogP contribution in [-0.2, 0) is 29.1 Å². The van der Waals surface area contributed by atoms with Crippen molar-refractivity contribution < 1.29 is 39.3 Å². The van der Waals surface area contributed by atoms with Gasteiger partial charge in [0.05, 0.1) is 0 Å². The summed E-state index contributed by atoms with van der Waals surface area (Å²) in [6.45, 7) is 0. The zero-order chi connectivity index (χ0) is 20.7. The summed E-state index contributed by atoms with van der Waals surface area (Å²) < 4.78 is 0. The third-order valence-electron chi connectivity index (χ3n) is 5.51. The first kappa shape index (κ1) is 30.8. The van der Waals surface area contributed by atoms with E-state index in [4.69, 9.17) is 0 Å². The molecule has 5 heteroatoms. The zero-order valence-corrected chi connectivity index (χ0v) is 21.9. The summed E-state index contributed by atoms with van der Waals surface area (Å²) in [5.41, 5.74) is 0. The summed E-state index contributed by atoms with van der Waals surface area (Å²) in [5, 5.41) is 20.6. The molecule has 0 rings (SSSR count). The van der Waals surface area contributed by atoms with Crippen LogP contribution in [0.25, 0.3) is 0 Å². The maximum Gasteiger partial charge on any atom is 2.00 e. The molecule has 0 unspecified atom stereocenters. The maximum absolute atomic E-state index is 10.3. The second-order valence-corrected chi connectivity index (χ2v) is 8.32. The maximum atomic E-state index is 10.3. The fourth-order valence-corrected chi connectivity index (χ4v) is 3.72. The number of hydrogen-bond acceptors (Lipinski definition) is 4. The molecule has 29 heavy (non-hydrogen) atoms. The number of carbonyl (C=O) groups is 2. The minimum Gasteiger partial charge on any atom is -0.550 e. The minimum absolute atomic E-state index is 0. The van der Waals surface area contributed by atoms with Gasteiger partial charge in [0.1, 0.15) is 0 Å². The molecule has 0 fully saturated rings. The Bertz CT molecular complexity index is 327. The smallest absolute Gasteiger partial charge is 0.550 e. The van der Waals surface area contributed by atoms with Gasteiger partial charge in [0.25, 0.3) is 0 Å². The predicted octanol–water partition coefficient (Wildman–Crippen LogP) is 5.07. The van der Waals surface area contributed by atoms with Gasteiger partial charge in [0.15, 0.2) is 0 Å². The Labute approximate surface area is 192 Å². The van der Waals surface area contributed by atoms with Gasteiger partial charge in [0.2, 0.25) is 0 Å². The fraction of sp³-hybridized carbons (Fsp3) is 0.917. The van der Waals surface area contributed by atoms with E-state index in [1.165, 1.54) is 89.9 Å². The van der Waals surface area contributed by atoms with Gasteiger partial charge in [-0.1, -0.05) is 116 Å². The van der Waals surface area contributed by atoms with Crippen LogP contribution in [0.2, 0.25) is 0 Å². The van der Waals surface area contributed by atoms with Crippen molar-refractivity contribution in [2.75, 3.05) is 0 Å². The Kier molecular flexibility index (Phi) is 27.1. The molecule has 0 heterocycles. The molecule has 166 valence electrons. The minimum atomic E-state index is -0.917. The second-order valence-electron chi connectivity index (χ2n) is 8.32. The molecule has 0 atom stereocenters. The van der Waals surface area contributed by atoms with Crippen molar-refractivity contribution in [1.29, 1.82) is 0 Å². The van der Waals surface area contributed by atoms with E-state index in [1.54, 1.807) is 0 Å². The molecule has 4 nitrogen and oxygen atoms in total. The number of rotatable bonds is 23. The van der Waals surface area contributed by atoms with Gasteiger partial charge in [-0.15, -0.1) is 0 Å². The SMILES string of the molecule is O=C([O-])CCCCCCCCCCCCCCCCCCCCCCC(=O)[O-].[Zn+2]. The van der Waals surface area contributed by atoms with Crippen molar-refractivity contribution in [2.24, 2.45) is 0 Å². The average Bonchev–Trinajstić information content (AvgIpc) is 2.65. The molecular weight excluding hydrogens is 418 g/mol. The van der Waals surface area contributed by atoms with Gasteiger partial charge in [-0.3, -0.25) is 0 Å². The van der Waals surface area contributed by atoms with Crippen LogP contribution < -0.4 is 10.2 Å². The number of carbonyl (C=O) groups excluding carboxylic acids is 2. The first-order valence-corrected chi connectivity index (χ1v) is 12.0. The summed E-state index contributed by atoms with van der Waals surface area (Å²) in [7, 11) is 0. The van der Waals surface area contributed by atoms with Crippen LogP contribution in [0.5, 0.6) is 0 Å². The van der Waals surface area contributed by atoms with E-state index in [2.05, 4.69) is 0 Å². The van der Waals surface area contributed by atoms with Gasteiger partial charge in [-0.25, -0.2) is 0 Å². The first-order chi connectivity index (χ1) is 13.6. The largest absolute Gasteiger partial charge is 2.00 e. The van der Waals surface area contributed by atoms with Crippen LogP contribution in [0, 0.1) is 0 Å². The van der Waals surface area contributed by atoms with Gasteiger partial charge in [-0.05, 0) is 25.7 Å². The number of hydrogen-bond donors (Lipinski definition) is 0. The summed E-state index contributed by atoms with van der Waals surface area (Å²) in [6, 6.07) is 0. The number of unbranched alkanes of at least 4 members (excludes halogenated alkanes) is 19. The van der Waals surface area contributed by atoms with Crippen molar-refractivity contribution in [3.63, 3.8) is 0 Å². The summed E-state index contributed by atoms with van der Waals surface area (Å²) in [5.74, 6) is -1.83. The van der Waals surface area contributed by atoms with E-state index in [1.807, 2.05) is 0 Å². The third kappa shape index (κ3) is 29.9. The molecular formula is C24H44O4Zn. The van der Waals surface area contributed by atoms with E-state index in [0.717, 1.165) is 38.5 Å². The number of carboxylic acid groups (broad SMARTS) is 2. The quantitative estimate of drug-likeness (QED) is 0.157. The van der Waals surface area contributed by atoms with Crippen molar-refractivity contribution in [3.05, 3.63) is 0 Å². The van der Waals surface area contributed by atoms with Crippen molar-refractivity contribution >= 4 is 11.9 Å². The summed E-state index contributed by atoms with van der Waals surface area (Å²) in [6.07, 6.45) is 25.0. The Morgan fingerprint density at radius 3 is 0.621 bits per heavy atom. The van der Waals surface area contributed by atoms with Crippen molar-refractivity contribution in [3.8, 4) is 0 Å². The average molecular weight is 462 g/mol. The Morgan fingerprint density at radius 1 is 0.345 bits per heavy atom. The fourth-order valence-electron chi connectivity index (χ4n) is 3.72. The first-order valence-electron chi connectivity index (χ1n) is 12.0. The molecule has 0 aliphatic heterocycles. The Hall–Kier alpha value is -0.437. The molecule has 0 N–H and O–H groups in total. The normalized spacial score (nSPS) is 10.6. The summed E-state index contributed by atoms with van der Waals surface area (Å²) in [4.78, 5) is 20.6. The van der Waals surface area contributed by atoms with Crippen molar-refractivity contribution in [2.45, 2.75) is 141 Å².